The monoisotopic (exact) mass is 472 g/mol. The third-order valence-corrected chi connectivity index (χ3v) is 4.77. The summed E-state index contributed by atoms with van der Waals surface area (Å²) in [5.74, 6) is -0.214. The first-order valence-corrected chi connectivity index (χ1v) is 10.4. The molecule has 0 spiro atoms. The highest BCUT2D eigenvalue weighted by molar-refractivity contribution is 6.68. The summed E-state index contributed by atoms with van der Waals surface area (Å²) < 4.78 is 8.42. The first-order valence-electron chi connectivity index (χ1n) is 9.30. The van der Waals surface area contributed by atoms with Crippen molar-refractivity contribution in [2.45, 2.75) is 29.7 Å². The van der Waals surface area contributed by atoms with Gasteiger partial charge in [0, 0.05) is 11.3 Å². The third kappa shape index (κ3) is 7.27. The highest BCUT2D eigenvalue weighted by Gasteiger charge is 2.34. The van der Waals surface area contributed by atoms with Gasteiger partial charge in [-0.05, 0) is 55.0 Å². The maximum Gasteiger partial charge on any atom is 0.338 e. The van der Waals surface area contributed by atoms with E-state index in [9.17, 15) is 9.59 Å². The molecule has 0 aromatic heterocycles. The fourth-order valence-electron chi connectivity index (χ4n) is 2.42. The molecule has 0 radical (unpaired) electrons. The van der Waals surface area contributed by atoms with Crippen molar-refractivity contribution in [2.24, 2.45) is 0 Å². The van der Waals surface area contributed by atoms with Gasteiger partial charge in [0.1, 0.15) is 11.9 Å². The number of ether oxygens (including phenoxy) is 2. The number of amides is 1. The zero-order valence-corrected chi connectivity index (χ0v) is 18.9. The Morgan fingerprint density at radius 2 is 1.60 bits per heavy atom. The molecule has 162 valence electrons. The zero-order valence-electron chi connectivity index (χ0n) is 16.6. The second kappa shape index (κ2) is 11.3. The lowest BCUT2D eigenvalue weighted by Gasteiger charge is -2.27. The number of anilines is 1. The second-order valence-electron chi connectivity index (χ2n) is 6.39. The molecule has 2 aromatic carbocycles. The molecule has 0 aliphatic rings. The largest absolute Gasteiger partial charge is 0.497 e. The van der Waals surface area contributed by atoms with E-state index < -0.39 is 21.8 Å². The Labute approximate surface area is 190 Å². The number of hydrogen-bond acceptors (Lipinski definition) is 5. The van der Waals surface area contributed by atoms with Crippen LogP contribution >= 0.6 is 34.8 Å². The minimum absolute atomic E-state index is 0.377. The Bertz CT molecular complexity index is 837. The minimum Gasteiger partial charge on any atom is -0.497 e. The van der Waals surface area contributed by atoms with E-state index in [4.69, 9.17) is 44.3 Å². The molecule has 0 bridgehead atoms. The lowest BCUT2D eigenvalue weighted by atomic mass is 10.2. The fourth-order valence-corrected chi connectivity index (χ4v) is 2.75. The van der Waals surface area contributed by atoms with Crippen molar-refractivity contribution in [2.75, 3.05) is 19.0 Å². The Morgan fingerprint density at radius 3 is 2.13 bits per heavy atom. The number of carbonyl (C=O) groups is 2. The van der Waals surface area contributed by atoms with E-state index in [1.54, 1.807) is 48.5 Å². The van der Waals surface area contributed by atoms with E-state index in [2.05, 4.69) is 10.6 Å². The van der Waals surface area contributed by atoms with Crippen LogP contribution in [0.3, 0.4) is 0 Å². The van der Waals surface area contributed by atoms with Crippen LogP contribution in [0.2, 0.25) is 0 Å². The zero-order chi connectivity index (χ0) is 22.1. The smallest absolute Gasteiger partial charge is 0.338 e. The Morgan fingerprint density at radius 1 is 1.00 bits per heavy atom. The average molecular weight is 474 g/mol. The maximum absolute atomic E-state index is 12.5. The van der Waals surface area contributed by atoms with Crippen LogP contribution in [-0.2, 0) is 4.74 Å². The number of unbranched alkanes of at least 4 members (excludes halogenated alkanes) is 1. The molecule has 0 aliphatic carbocycles. The van der Waals surface area contributed by atoms with Crippen LogP contribution in [0.4, 0.5) is 5.69 Å². The molecular weight excluding hydrogens is 451 g/mol. The van der Waals surface area contributed by atoms with Gasteiger partial charge in [-0.2, -0.15) is 0 Å². The van der Waals surface area contributed by atoms with Crippen molar-refractivity contribution < 1.29 is 19.1 Å². The molecule has 1 amide bonds. The molecule has 9 heteroatoms. The summed E-state index contributed by atoms with van der Waals surface area (Å²) in [6.45, 7) is 2.39. The van der Waals surface area contributed by atoms with Gasteiger partial charge >= 0.3 is 5.97 Å². The number of hydrogen-bond donors (Lipinski definition) is 2. The maximum atomic E-state index is 12.5. The normalized spacial score (nSPS) is 12.0. The number of rotatable bonds is 9. The molecule has 0 heterocycles. The number of nitrogens with one attached hydrogen (secondary N) is 2. The van der Waals surface area contributed by atoms with Gasteiger partial charge in [0.2, 0.25) is 3.79 Å². The van der Waals surface area contributed by atoms with Crippen LogP contribution < -0.4 is 15.4 Å². The fraction of sp³-hybridized carbons (Fsp3) is 0.333. The number of halogens is 3. The van der Waals surface area contributed by atoms with Gasteiger partial charge in [0.15, 0.2) is 0 Å². The predicted molar refractivity (Wildman–Crippen MR) is 120 cm³/mol. The lowest BCUT2D eigenvalue weighted by molar-refractivity contribution is 0.0499. The van der Waals surface area contributed by atoms with Crippen LogP contribution in [0.15, 0.2) is 48.5 Å². The molecule has 1 atom stereocenters. The number of methoxy groups -OCH3 is 1. The summed E-state index contributed by atoms with van der Waals surface area (Å²) in [6, 6.07) is 13.0. The van der Waals surface area contributed by atoms with Gasteiger partial charge in [0.05, 0.1) is 19.3 Å². The quantitative estimate of drug-likeness (QED) is 0.227. The van der Waals surface area contributed by atoms with Gasteiger partial charge in [-0.1, -0.05) is 48.1 Å². The van der Waals surface area contributed by atoms with Crippen molar-refractivity contribution in [1.82, 2.24) is 5.32 Å². The molecule has 2 rings (SSSR count). The summed E-state index contributed by atoms with van der Waals surface area (Å²) in [6.07, 6.45) is 0.723. The van der Waals surface area contributed by atoms with Crippen molar-refractivity contribution in [3.8, 4) is 5.75 Å². The van der Waals surface area contributed by atoms with Crippen molar-refractivity contribution in [3.63, 3.8) is 0 Å². The number of carbonyl (C=O) groups excluding carboxylic acids is 2. The molecule has 2 aromatic rings. The molecule has 0 fully saturated rings. The van der Waals surface area contributed by atoms with Crippen LogP contribution in [-0.4, -0.2) is 35.6 Å². The Balaban J connectivity index is 2.05. The van der Waals surface area contributed by atoms with Gasteiger partial charge in [-0.25, -0.2) is 4.79 Å². The van der Waals surface area contributed by atoms with E-state index in [1.165, 1.54) is 7.11 Å². The summed E-state index contributed by atoms with van der Waals surface area (Å²) in [4.78, 5) is 24.5. The molecule has 30 heavy (non-hydrogen) atoms. The van der Waals surface area contributed by atoms with E-state index >= 15 is 0 Å². The van der Waals surface area contributed by atoms with E-state index in [0.29, 0.717) is 29.2 Å². The van der Waals surface area contributed by atoms with E-state index in [0.717, 1.165) is 12.8 Å². The molecule has 0 saturated carbocycles. The Hall–Kier alpha value is -2.15. The number of alkyl halides is 3. The second-order valence-corrected chi connectivity index (χ2v) is 8.76. The van der Waals surface area contributed by atoms with Crippen molar-refractivity contribution in [1.29, 1.82) is 0 Å². The first kappa shape index (κ1) is 24.1. The third-order valence-electron chi connectivity index (χ3n) is 4.12. The lowest BCUT2D eigenvalue weighted by Crippen LogP contribution is -2.49. The minimum atomic E-state index is -1.83. The van der Waals surface area contributed by atoms with Gasteiger partial charge in [-0.3, -0.25) is 4.79 Å². The summed E-state index contributed by atoms with van der Waals surface area (Å²) in [5.41, 5.74) is 1.33. The number of benzene rings is 2. The highest BCUT2D eigenvalue weighted by atomic mass is 35.6. The van der Waals surface area contributed by atoms with Gasteiger partial charge in [0.25, 0.3) is 5.91 Å². The predicted octanol–water partition coefficient (Wildman–Crippen LogP) is 5.19. The van der Waals surface area contributed by atoms with Gasteiger partial charge in [-0.15, -0.1) is 0 Å². The summed E-state index contributed by atoms with van der Waals surface area (Å²) in [5, 5.41) is 5.61. The molecule has 0 unspecified atom stereocenters. The number of esters is 1. The molecular formula is C21H23Cl3N2O4. The Kier molecular flexibility index (Phi) is 9.08. The molecule has 0 saturated heterocycles. The highest BCUT2D eigenvalue weighted by Crippen LogP contribution is 2.31. The average Bonchev–Trinajstić information content (AvgIpc) is 2.73. The van der Waals surface area contributed by atoms with E-state index in [-0.39, 0.29) is 0 Å². The molecule has 2 N–H and O–H groups in total. The van der Waals surface area contributed by atoms with Crippen molar-refractivity contribution >= 4 is 52.4 Å². The first-order chi connectivity index (χ1) is 14.2. The van der Waals surface area contributed by atoms with Crippen molar-refractivity contribution in [3.05, 3.63) is 59.7 Å². The van der Waals surface area contributed by atoms with Gasteiger partial charge < -0.3 is 20.1 Å². The summed E-state index contributed by atoms with van der Waals surface area (Å²) >= 11 is 18.1. The molecule has 6 nitrogen and oxygen atoms in total. The van der Waals surface area contributed by atoms with Crippen LogP contribution in [0.5, 0.6) is 5.75 Å². The van der Waals surface area contributed by atoms with Crippen LogP contribution in [0.1, 0.15) is 40.5 Å². The summed E-state index contributed by atoms with van der Waals surface area (Å²) in [7, 11) is 1.54. The SMILES string of the molecule is CCCCOC(=O)c1ccc(N[C@H](NC(=O)c2ccc(OC)cc2)C(Cl)(Cl)Cl)cc1. The molecule has 0 aliphatic heterocycles. The standard InChI is InChI=1S/C21H23Cl3N2O4/c1-3-4-13-30-19(28)15-5-9-16(10-6-15)25-20(21(22,23)24)26-18(27)14-7-11-17(29-2)12-8-14/h5-12,20,25H,3-4,13H2,1-2H3,(H,26,27)/t20-/m1/s1. The topological polar surface area (TPSA) is 76.7 Å². The van der Waals surface area contributed by atoms with Crippen LogP contribution in [0, 0.1) is 0 Å². The van der Waals surface area contributed by atoms with E-state index in [1.807, 2.05) is 6.92 Å². The van der Waals surface area contributed by atoms with Crippen LogP contribution in [0.25, 0.3) is 0 Å².